The molecule has 0 radical (unpaired) electrons. The molecule has 3 rings (SSSR count). The number of carbonyl (C=O) groups is 2. The second-order valence-corrected chi connectivity index (χ2v) is 9.63. The maximum absolute atomic E-state index is 13.0. The summed E-state index contributed by atoms with van der Waals surface area (Å²) in [5.41, 5.74) is 2.62. The first-order chi connectivity index (χ1) is 13.1. The Labute approximate surface area is 169 Å². The number of ether oxygens (including phenoxy) is 1. The Kier molecular flexibility index (Phi) is 5.66. The van der Waals surface area contributed by atoms with Crippen molar-refractivity contribution in [2.24, 2.45) is 11.3 Å². The fourth-order valence-electron chi connectivity index (χ4n) is 3.65. The average molecular weight is 405 g/mol. The van der Waals surface area contributed by atoms with E-state index in [9.17, 15) is 9.59 Å². The van der Waals surface area contributed by atoms with Gasteiger partial charge in [0, 0.05) is 16.9 Å². The Hall–Kier alpha value is -2.15. The Morgan fingerprint density at radius 1 is 1.32 bits per heavy atom. The van der Waals surface area contributed by atoms with Crippen LogP contribution < -0.4 is 5.32 Å². The molecule has 0 saturated carbocycles. The van der Waals surface area contributed by atoms with E-state index in [0.717, 1.165) is 41.0 Å². The number of hydrogen-bond donors (Lipinski definition) is 1. The predicted octanol–water partition coefficient (Wildman–Crippen LogP) is 4.93. The van der Waals surface area contributed by atoms with Gasteiger partial charge in [-0.2, -0.15) is 0 Å². The summed E-state index contributed by atoms with van der Waals surface area (Å²) in [4.78, 5) is 26.3. The molecule has 2 aromatic rings. The van der Waals surface area contributed by atoms with Crippen LogP contribution in [0.25, 0.3) is 0 Å². The number of aromatic nitrogens is 1. The standard InChI is InChI=1S/C21H28N2O4S/c1-7-26-20(25)16-11(2)12(3)28-19(16)22-18(24)17-14-10-13(21(4,5)6)8-9-15(14)27-23-17/h13H,7-10H2,1-6H3,(H,22,24)/t13-/m0/s1. The number of nitrogens with zero attached hydrogens (tertiary/aromatic N) is 1. The topological polar surface area (TPSA) is 81.4 Å². The Morgan fingerprint density at radius 2 is 2.04 bits per heavy atom. The monoisotopic (exact) mass is 404 g/mol. The van der Waals surface area contributed by atoms with Crippen LogP contribution in [-0.4, -0.2) is 23.6 Å². The molecule has 1 N–H and O–H groups in total. The third-order valence-electron chi connectivity index (χ3n) is 5.57. The van der Waals surface area contributed by atoms with Crippen LogP contribution in [0, 0.1) is 25.2 Å². The average Bonchev–Trinajstić information content (AvgIpc) is 3.15. The highest BCUT2D eigenvalue weighted by Crippen LogP contribution is 2.39. The van der Waals surface area contributed by atoms with E-state index in [0.29, 0.717) is 22.2 Å². The van der Waals surface area contributed by atoms with E-state index in [1.54, 1.807) is 6.92 Å². The van der Waals surface area contributed by atoms with E-state index >= 15 is 0 Å². The minimum Gasteiger partial charge on any atom is -0.462 e. The first kappa shape index (κ1) is 20.6. The smallest absolute Gasteiger partial charge is 0.341 e. The molecule has 0 saturated heterocycles. The Balaban J connectivity index is 1.87. The summed E-state index contributed by atoms with van der Waals surface area (Å²) < 4.78 is 10.6. The number of aryl methyl sites for hydroxylation is 2. The molecular weight excluding hydrogens is 376 g/mol. The molecule has 0 unspecified atom stereocenters. The lowest BCUT2D eigenvalue weighted by Crippen LogP contribution is -2.27. The van der Waals surface area contributed by atoms with Crippen molar-refractivity contribution in [3.8, 4) is 0 Å². The van der Waals surface area contributed by atoms with Crippen molar-refractivity contribution in [1.29, 1.82) is 0 Å². The van der Waals surface area contributed by atoms with Crippen LogP contribution in [-0.2, 0) is 17.6 Å². The SMILES string of the molecule is CCOC(=O)c1c(NC(=O)c2noc3c2C[C@@H](C(C)(C)C)CC3)sc(C)c1C. The van der Waals surface area contributed by atoms with Gasteiger partial charge in [0.2, 0.25) is 0 Å². The van der Waals surface area contributed by atoms with Gasteiger partial charge >= 0.3 is 5.97 Å². The predicted molar refractivity (Wildman–Crippen MR) is 109 cm³/mol. The van der Waals surface area contributed by atoms with Crippen LogP contribution in [0.4, 0.5) is 5.00 Å². The van der Waals surface area contributed by atoms with Crippen molar-refractivity contribution in [2.75, 3.05) is 11.9 Å². The van der Waals surface area contributed by atoms with Crippen molar-refractivity contribution in [3.63, 3.8) is 0 Å². The molecule has 7 heteroatoms. The Bertz CT molecular complexity index is 904. The molecule has 0 fully saturated rings. The fourth-order valence-corrected chi connectivity index (χ4v) is 4.69. The van der Waals surface area contributed by atoms with Gasteiger partial charge in [-0.3, -0.25) is 4.79 Å². The molecule has 2 aromatic heterocycles. The number of anilines is 1. The van der Waals surface area contributed by atoms with Gasteiger partial charge in [0.05, 0.1) is 12.2 Å². The molecule has 1 amide bonds. The van der Waals surface area contributed by atoms with Crippen LogP contribution in [0.15, 0.2) is 4.52 Å². The molecule has 1 aliphatic carbocycles. The van der Waals surface area contributed by atoms with E-state index in [4.69, 9.17) is 9.26 Å². The zero-order valence-electron chi connectivity index (χ0n) is 17.4. The first-order valence-electron chi connectivity index (χ1n) is 9.69. The molecule has 0 spiro atoms. The van der Waals surface area contributed by atoms with Gasteiger partial charge in [-0.05, 0) is 50.5 Å². The second-order valence-electron chi connectivity index (χ2n) is 8.40. The largest absolute Gasteiger partial charge is 0.462 e. The lowest BCUT2D eigenvalue weighted by Gasteiger charge is -2.33. The third kappa shape index (κ3) is 3.85. The van der Waals surface area contributed by atoms with Crippen LogP contribution >= 0.6 is 11.3 Å². The maximum Gasteiger partial charge on any atom is 0.341 e. The molecule has 1 aliphatic rings. The highest BCUT2D eigenvalue weighted by atomic mass is 32.1. The summed E-state index contributed by atoms with van der Waals surface area (Å²) in [5, 5.41) is 7.42. The van der Waals surface area contributed by atoms with Crippen molar-refractivity contribution < 1.29 is 18.8 Å². The number of hydrogen-bond acceptors (Lipinski definition) is 6. The number of amides is 1. The highest BCUT2D eigenvalue weighted by molar-refractivity contribution is 7.16. The van der Waals surface area contributed by atoms with Crippen LogP contribution in [0.1, 0.15) is 76.7 Å². The second kappa shape index (κ2) is 7.70. The Morgan fingerprint density at radius 3 is 2.68 bits per heavy atom. The van der Waals surface area contributed by atoms with Crippen LogP contribution in [0.2, 0.25) is 0 Å². The van der Waals surface area contributed by atoms with Crippen LogP contribution in [0.3, 0.4) is 0 Å². The van der Waals surface area contributed by atoms with E-state index < -0.39 is 5.97 Å². The van der Waals surface area contributed by atoms with E-state index in [1.807, 2.05) is 13.8 Å². The number of carbonyl (C=O) groups excluding carboxylic acids is 2. The minimum atomic E-state index is -0.422. The summed E-state index contributed by atoms with van der Waals surface area (Å²) >= 11 is 1.37. The molecule has 2 heterocycles. The molecular formula is C21H28N2O4S. The number of thiophene rings is 1. The molecule has 0 bridgehead atoms. The molecule has 152 valence electrons. The van der Waals surface area contributed by atoms with Gasteiger partial charge in [0.15, 0.2) is 5.69 Å². The van der Waals surface area contributed by atoms with Crippen molar-refractivity contribution in [2.45, 2.75) is 60.8 Å². The maximum atomic E-state index is 13.0. The summed E-state index contributed by atoms with van der Waals surface area (Å²) in [6.45, 7) is 12.5. The van der Waals surface area contributed by atoms with Gasteiger partial charge in [0.1, 0.15) is 10.8 Å². The van der Waals surface area contributed by atoms with Gasteiger partial charge in [-0.1, -0.05) is 25.9 Å². The zero-order chi connectivity index (χ0) is 20.6. The molecule has 0 aliphatic heterocycles. The number of esters is 1. The van der Waals surface area contributed by atoms with E-state index in [2.05, 4.69) is 31.2 Å². The van der Waals surface area contributed by atoms with Gasteiger partial charge in [0.25, 0.3) is 5.91 Å². The summed E-state index contributed by atoms with van der Waals surface area (Å²) in [6.07, 6.45) is 2.60. The first-order valence-corrected chi connectivity index (χ1v) is 10.5. The fraction of sp³-hybridized carbons (Fsp3) is 0.571. The quantitative estimate of drug-likeness (QED) is 0.731. The lowest BCUT2D eigenvalue weighted by molar-refractivity contribution is 0.0527. The van der Waals surface area contributed by atoms with Gasteiger partial charge in [-0.25, -0.2) is 4.79 Å². The summed E-state index contributed by atoms with van der Waals surface area (Å²) in [6, 6.07) is 0. The van der Waals surface area contributed by atoms with Gasteiger partial charge < -0.3 is 14.6 Å². The molecule has 6 nitrogen and oxygen atoms in total. The number of rotatable bonds is 4. The third-order valence-corrected chi connectivity index (χ3v) is 6.69. The lowest BCUT2D eigenvalue weighted by atomic mass is 9.71. The van der Waals surface area contributed by atoms with E-state index in [-0.39, 0.29) is 17.9 Å². The minimum absolute atomic E-state index is 0.155. The number of fused-ring (bicyclic) bond motifs is 1. The summed E-state index contributed by atoms with van der Waals surface area (Å²) in [5.74, 6) is 0.503. The highest BCUT2D eigenvalue weighted by Gasteiger charge is 2.34. The molecule has 28 heavy (non-hydrogen) atoms. The van der Waals surface area contributed by atoms with Gasteiger partial charge in [-0.15, -0.1) is 11.3 Å². The summed E-state index contributed by atoms with van der Waals surface area (Å²) in [7, 11) is 0. The molecule has 1 atom stereocenters. The normalized spacial score (nSPS) is 16.6. The van der Waals surface area contributed by atoms with Crippen molar-refractivity contribution in [1.82, 2.24) is 5.16 Å². The van der Waals surface area contributed by atoms with Crippen LogP contribution in [0.5, 0.6) is 0 Å². The van der Waals surface area contributed by atoms with E-state index in [1.165, 1.54) is 11.3 Å². The zero-order valence-corrected chi connectivity index (χ0v) is 18.2. The van der Waals surface area contributed by atoms with Crippen molar-refractivity contribution in [3.05, 3.63) is 33.0 Å². The number of nitrogens with one attached hydrogen (secondary N) is 1. The van der Waals surface area contributed by atoms with Crippen molar-refractivity contribution >= 4 is 28.2 Å². The molecule has 0 aromatic carbocycles.